The Balaban J connectivity index is 0.000000311. The van der Waals surface area contributed by atoms with Crippen molar-refractivity contribution in [2.24, 2.45) is 11.5 Å². The molecule has 0 aromatic heterocycles. The Bertz CT molecular complexity index is 871. The van der Waals surface area contributed by atoms with Gasteiger partial charge in [0.05, 0.1) is 18.4 Å². The van der Waals surface area contributed by atoms with E-state index in [0.717, 1.165) is 35.7 Å². The van der Waals surface area contributed by atoms with Gasteiger partial charge >= 0.3 is 0 Å². The summed E-state index contributed by atoms with van der Waals surface area (Å²) >= 11 is 4.82. The van der Waals surface area contributed by atoms with Gasteiger partial charge in [-0.05, 0) is 60.5 Å². The number of aromatic hydroxyl groups is 1. The Morgan fingerprint density at radius 2 is 1.90 bits per heavy atom. The molecule has 0 saturated carbocycles. The minimum absolute atomic E-state index is 0.0584. The predicted molar refractivity (Wildman–Crippen MR) is 128 cm³/mol. The second-order valence-electron chi connectivity index (χ2n) is 7.09. The fraction of sp³-hybridized carbons (Fsp3) is 0.364. The van der Waals surface area contributed by atoms with Crippen LogP contribution in [0, 0.1) is 0 Å². The number of hydrogen-bond donors (Lipinski definition) is 4. The standard InChI is InChI=1S/C12H19N3OS.C10H13NO2/c1-4-7-15(2)10-8-9(14-12(13)17)5-6-11(10)16-3;1-6(2)7-3-4-9(12)8(5-7)10(11)13/h5-6,8H,4,7H2,1-3H3,(H3,13,14,17);3-6,12H,1-2H3,(H2,11,13). The molecule has 0 bridgehead atoms. The Morgan fingerprint density at radius 3 is 2.40 bits per heavy atom. The summed E-state index contributed by atoms with van der Waals surface area (Å²) in [6.45, 7) is 7.13. The third-order valence-electron chi connectivity index (χ3n) is 4.37. The summed E-state index contributed by atoms with van der Waals surface area (Å²) in [7, 11) is 3.70. The number of thiocarbonyl (C=S) groups is 1. The molecule has 0 heterocycles. The molecular weight excluding hydrogens is 400 g/mol. The Labute approximate surface area is 184 Å². The van der Waals surface area contributed by atoms with Crippen molar-refractivity contribution in [2.45, 2.75) is 33.1 Å². The lowest BCUT2D eigenvalue weighted by Crippen LogP contribution is -2.21. The van der Waals surface area contributed by atoms with Crippen molar-refractivity contribution in [1.29, 1.82) is 0 Å². The molecule has 0 radical (unpaired) electrons. The van der Waals surface area contributed by atoms with Crippen LogP contribution in [0.4, 0.5) is 11.4 Å². The summed E-state index contributed by atoms with van der Waals surface area (Å²) in [6.07, 6.45) is 1.08. The van der Waals surface area contributed by atoms with E-state index in [1.165, 1.54) is 6.07 Å². The van der Waals surface area contributed by atoms with Gasteiger partial charge in [-0.3, -0.25) is 4.79 Å². The van der Waals surface area contributed by atoms with E-state index in [1.54, 1.807) is 19.2 Å². The van der Waals surface area contributed by atoms with E-state index in [-0.39, 0.29) is 16.4 Å². The second-order valence-corrected chi connectivity index (χ2v) is 7.53. The van der Waals surface area contributed by atoms with Crippen LogP contribution < -0.4 is 26.4 Å². The van der Waals surface area contributed by atoms with Crippen LogP contribution in [0.2, 0.25) is 0 Å². The van der Waals surface area contributed by atoms with Crippen molar-refractivity contribution in [1.82, 2.24) is 0 Å². The van der Waals surface area contributed by atoms with Gasteiger partial charge in [0.15, 0.2) is 5.11 Å². The molecule has 0 aliphatic heterocycles. The molecule has 0 fully saturated rings. The first kappa shape index (κ1) is 25.0. The molecule has 0 saturated heterocycles. The topological polar surface area (TPSA) is 114 Å². The zero-order chi connectivity index (χ0) is 22.8. The van der Waals surface area contributed by atoms with Crippen molar-refractivity contribution in [3.8, 4) is 11.5 Å². The minimum Gasteiger partial charge on any atom is -0.507 e. The third kappa shape index (κ3) is 7.44. The van der Waals surface area contributed by atoms with E-state index >= 15 is 0 Å². The van der Waals surface area contributed by atoms with Gasteiger partial charge in [-0.25, -0.2) is 0 Å². The first-order valence-electron chi connectivity index (χ1n) is 9.69. The Morgan fingerprint density at radius 1 is 1.23 bits per heavy atom. The lowest BCUT2D eigenvalue weighted by Gasteiger charge is -2.22. The average Bonchev–Trinajstić information content (AvgIpc) is 2.68. The molecule has 0 aliphatic carbocycles. The van der Waals surface area contributed by atoms with Gasteiger partial charge in [-0.1, -0.05) is 26.8 Å². The maximum absolute atomic E-state index is 10.9. The fourth-order valence-electron chi connectivity index (χ4n) is 2.77. The smallest absolute Gasteiger partial charge is 0.252 e. The number of carbonyl (C=O) groups is 1. The number of anilines is 2. The first-order valence-corrected chi connectivity index (χ1v) is 10.1. The monoisotopic (exact) mass is 432 g/mol. The number of phenols is 1. The van der Waals surface area contributed by atoms with Crippen molar-refractivity contribution in [3.63, 3.8) is 0 Å². The highest BCUT2D eigenvalue weighted by atomic mass is 32.1. The number of nitrogens with two attached hydrogens (primary N) is 2. The van der Waals surface area contributed by atoms with Crippen LogP contribution in [0.25, 0.3) is 0 Å². The van der Waals surface area contributed by atoms with E-state index in [9.17, 15) is 9.90 Å². The summed E-state index contributed by atoms with van der Waals surface area (Å²) in [4.78, 5) is 13.0. The number of primary amides is 1. The number of ether oxygens (including phenoxy) is 1. The van der Waals surface area contributed by atoms with Gasteiger partial charge in [-0.2, -0.15) is 0 Å². The minimum atomic E-state index is -0.597. The highest BCUT2D eigenvalue weighted by Gasteiger charge is 2.10. The largest absolute Gasteiger partial charge is 0.507 e. The highest BCUT2D eigenvalue weighted by Crippen LogP contribution is 2.30. The van der Waals surface area contributed by atoms with Crippen LogP contribution in [0.1, 0.15) is 49.0 Å². The molecule has 7 nitrogen and oxygen atoms in total. The molecule has 0 spiro atoms. The van der Waals surface area contributed by atoms with Gasteiger partial charge in [0.25, 0.3) is 5.91 Å². The van der Waals surface area contributed by atoms with Crippen LogP contribution >= 0.6 is 12.2 Å². The van der Waals surface area contributed by atoms with E-state index in [4.69, 9.17) is 28.4 Å². The summed E-state index contributed by atoms with van der Waals surface area (Å²) in [5.41, 5.74) is 13.6. The zero-order valence-corrected chi connectivity index (χ0v) is 19.0. The van der Waals surface area contributed by atoms with Gasteiger partial charge in [0.2, 0.25) is 0 Å². The van der Waals surface area contributed by atoms with Gasteiger partial charge in [0, 0.05) is 19.3 Å². The van der Waals surface area contributed by atoms with Crippen molar-refractivity contribution in [2.75, 3.05) is 30.9 Å². The lowest BCUT2D eigenvalue weighted by atomic mass is 10.00. The van der Waals surface area contributed by atoms with E-state index in [1.807, 2.05) is 39.1 Å². The molecule has 164 valence electrons. The van der Waals surface area contributed by atoms with Crippen molar-refractivity contribution < 1.29 is 14.6 Å². The number of nitrogens with zero attached hydrogens (tertiary/aromatic N) is 1. The number of nitrogens with one attached hydrogen (secondary N) is 1. The number of methoxy groups -OCH3 is 1. The molecule has 30 heavy (non-hydrogen) atoms. The zero-order valence-electron chi connectivity index (χ0n) is 18.2. The molecule has 0 unspecified atom stereocenters. The summed E-state index contributed by atoms with van der Waals surface area (Å²) in [6, 6.07) is 10.7. The Hall–Kier alpha value is -3.00. The van der Waals surface area contributed by atoms with Crippen LogP contribution in [-0.2, 0) is 0 Å². The third-order valence-corrected chi connectivity index (χ3v) is 4.47. The van der Waals surface area contributed by atoms with Gasteiger partial charge in [0.1, 0.15) is 11.5 Å². The van der Waals surface area contributed by atoms with Crippen LogP contribution in [0.5, 0.6) is 11.5 Å². The molecule has 2 aromatic carbocycles. The number of carbonyl (C=O) groups excluding carboxylic acids is 1. The second kappa shape index (κ2) is 11.9. The molecule has 2 rings (SSSR count). The highest BCUT2D eigenvalue weighted by molar-refractivity contribution is 7.80. The predicted octanol–water partition coefficient (Wildman–Crippen LogP) is 3.81. The van der Waals surface area contributed by atoms with Gasteiger partial charge in [-0.15, -0.1) is 0 Å². The number of amides is 1. The van der Waals surface area contributed by atoms with Crippen LogP contribution in [0.3, 0.4) is 0 Å². The lowest BCUT2D eigenvalue weighted by molar-refractivity contribution is 0.0997. The fourth-order valence-corrected chi connectivity index (χ4v) is 2.89. The number of benzene rings is 2. The van der Waals surface area contributed by atoms with Gasteiger partial charge < -0.3 is 31.5 Å². The van der Waals surface area contributed by atoms with E-state index in [2.05, 4.69) is 17.1 Å². The maximum Gasteiger partial charge on any atom is 0.252 e. The van der Waals surface area contributed by atoms with Crippen molar-refractivity contribution >= 4 is 34.6 Å². The van der Waals surface area contributed by atoms with E-state index in [0.29, 0.717) is 5.92 Å². The molecule has 6 N–H and O–H groups in total. The molecule has 8 heteroatoms. The first-order chi connectivity index (χ1) is 14.1. The molecule has 2 aromatic rings. The van der Waals surface area contributed by atoms with Crippen LogP contribution in [0.15, 0.2) is 36.4 Å². The number of rotatable bonds is 7. The van der Waals surface area contributed by atoms with Crippen molar-refractivity contribution in [3.05, 3.63) is 47.5 Å². The van der Waals surface area contributed by atoms with E-state index < -0.39 is 5.91 Å². The average molecular weight is 433 g/mol. The summed E-state index contributed by atoms with van der Waals surface area (Å²) in [5, 5.41) is 12.5. The Kier molecular flexibility index (Phi) is 9.91. The molecule has 0 atom stereocenters. The molecule has 0 aliphatic rings. The quantitative estimate of drug-likeness (QED) is 0.492. The SMILES string of the molecule is CC(C)c1ccc(O)c(C(N)=O)c1.CCCN(C)c1cc(NC(N)=S)ccc1OC. The summed E-state index contributed by atoms with van der Waals surface area (Å²) < 4.78 is 5.34. The molecular formula is C22H32N4O3S. The van der Waals surface area contributed by atoms with Crippen LogP contribution in [-0.4, -0.2) is 36.8 Å². The number of hydrogen-bond acceptors (Lipinski definition) is 5. The normalized spacial score (nSPS) is 10.1. The summed E-state index contributed by atoms with van der Waals surface area (Å²) in [5.74, 6) is 0.505. The molecule has 1 amide bonds. The maximum atomic E-state index is 10.9.